The molecule has 3 aromatic carbocycles. The van der Waals surface area contributed by atoms with E-state index in [4.69, 9.17) is 27.9 Å². The largest absolute Gasteiger partial charge is 0.489 e. The van der Waals surface area contributed by atoms with Gasteiger partial charge in [-0.1, -0.05) is 65.2 Å². The lowest BCUT2D eigenvalue weighted by molar-refractivity contribution is 0.0955. The Hall–Kier alpha value is -2.82. The van der Waals surface area contributed by atoms with Crippen molar-refractivity contribution in [2.45, 2.75) is 13.5 Å². The second kappa shape index (κ2) is 9.40. The van der Waals surface area contributed by atoms with Crippen LogP contribution in [0.4, 0.5) is 0 Å². The van der Waals surface area contributed by atoms with Crippen LogP contribution in [0.15, 0.2) is 71.8 Å². The highest BCUT2D eigenvalue weighted by molar-refractivity contribution is 6.36. The Morgan fingerprint density at radius 2 is 1.86 bits per heavy atom. The van der Waals surface area contributed by atoms with E-state index in [2.05, 4.69) is 22.7 Å². The molecule has 3 rings (SSSR count). The maximum Gasteiger partial charge on any atom is 0.272 e. The molecule has 0 aromatic heterocycles. The molecule has 0 saturated heterocycles. The monoisotopic (exact) mass is 412 g/mol. The second-order valence-electron chi connectivity index (χ2n) is 6.17. The molecule has 28 heavy (non-hydrogen) atoms. The van der Waals surface area contributed by atoms with Gasteiger partial charge in [-0.25, -0.2) is 5.43 Å². The van der Waals surface area contributed by atoms with Crippen molar-refractivity contribution in [3.05, 3.63) is 99.0 Å². The molecule has 0 atom stereocenters. The number of rotatable bonds is 6. The summed E-state index contributed by atoms with van der Waals surface area (Å²) in [5, 5.41) is 4.71. The first kappa shape index (κ1) is 19.9. The number of aryl methyl sites for hydroxylation is 1. The van der Waals surface area contributed by atoms with Crippen molar-refractivity contribution in [2.75, 3.05) is 0 Å². The van der Waals surface area contributed by atoms with E-state index in [1.807, 2.05) is 43.3 Å². The van der Waals surface area contributed by atoms with Crippen LogP contribution >= 0.6 is 23.2 Å². The van der Waals surface area contributed by atoms with Crippen LogP contribution in [0, 0.1) is 6.92 Å². The molecule has 4 nitrogen and oxygen atoms in total. The first-order chi connectivity index (χ1) is 13.5. The third-order valence-electron chi connectivity index (χ3n) is 3.94. The van der Waals surface area contributed by atoms with E-state index in [9.17, 15) is 4.79 Å². The molecule has 0 radical (unpaired) electrons. The summed E-state index contributed by atoms with van der Waals surface area (Å²) in [6.07, 6.45) is 1.54. The highest BCUT2D eigenvalue weighted by atomic mass is 35.5. The zero-order valence-electron chi connectivity index (χ0n) is 15.2. The summed E-state index contributed by atoms with van der Waals surface area (Å²) < 4.78 is 5.82. The Labute approximate surface area is 173 Å². The van der Waals surface area contributed by atoms with Crippen molar-refractivity contribution in [3.8, 4) is 5.75 Å². The third kappa shape index (κ3) is 5.59. The molecule has 0 aliphatic heterocycles. The van der Waals surface area contributed by atoms with Crippen molar-refractivity contribution in [1.29, 1.82) is 0 Å². The molecule has 0 spiro atoms. The number of hydrogen-bond donors (Lipinski definition) is 1. The number of benzene rings is 3. The van der Waals surface area contributed by atoms with Gasteiger partial charge >= 0.3 is 0 Å². The summed E-state index contributed by atoms with van der Waals surface area (Å²) in [6, 6.07) is 20.3. The smallest absolute Gasteiger partial charge is 0.272 e. The molecular weight excluding hydrogens is 395 g/mol. The van der Waals surface area contributed by atoms with Crippen molar-refractivity contribution in [3.63, 3.8) is 0 Å². The minimum absolute atomic E-state index is 0.270. The number of ether oxygens (including phenoxy) is 1. The maximum absolute atomic E-state index is 12.1. The Morgan fingerprint density at radius 3 is 2.61 bits per heavy atom. The highest BCUT2D eigenvalue weighted by Crippen LogP contribution is 2.20. The number of nitrogens with one attached hydrogen (secondary N) is 1. The minimum Gasteiger partial charge on any atom is -0.489 e. The van der Waals surface area contributed by atoms with Crippen molar-refractivity contribution < 1.29 is 9.53 Å². The number of hydrogen-bond acceptors (Lipinski definition) is 3. The molecule has 0 fully saturated rings. The fourth-order valence-corrected chi connectivity index (χ4v) is 2.93. The van der Waals surface area contributed by atoms with Gasteiger partial charge in [-0.2, -0.15) is 5.10 Å². The number of amides is 1. The normalized spacial score (nSPS) is 10.8. The molecule has 1 N–H and O–H groups in total. The summed E-state index contributed by atoms with van der Waals surface area (Å²) in [6.45, 7) is 2.53. The lowest BCUT2D eigenvalue weighted by atomic mass is 10.2. The summed E-state index contributed by atoms with van der Waals surface area (Å²) in [7, 11) is 0. The number of halogens is 2. The topological polar surface area (TPSA) is 50.7 Å². The van der Waals surface area contributed by atoms with E-state index in [0.717, 1.165) is 16.9 Å². The molecule has 3 aromatic rings. The summed E-state index contributed by atoms with van der Waals surface area (Å²) in [5.74, 6) is 0.307. The van der Waals surface area contributed by atoms with E-state index in [0.29, 0.717) is 17.2 Å². The molecule has 0 unspecified atom stereocenters. The summed E-state index contributed by atoms with van der Waals surface area (Å²) >= 11 is 11.9. The van der Waals surface area contributed by atoms with Crippen LogP contribution in [0.1, 0.15) is 27.0 Å². The van der Waals surface area contributed by atoms with E-state index < -0.39 is 5.91 Å². The van der Waals surface area contributed by atoms with E-state index in [-0.39, 0.29) is 5.02 Å². The van der Waals surface area contributed by atoms with Crippen LogP contribution in [-0.4, -0.2) is 12.1 Å². The fraction of sp³-hybridized carbons (Fsp3) is 0.0909. The second-order valence-corrected chi connectivity index (χ2v) is 7.01. The number of carbonyl (C=O) groups is 1. The Morgan fingerprint density at radius 1 is 1.07 bits per heavy atom. The SMILES string of the molecule is Cc1ccc(COc2cccc(/C=N\NC(=O)c3ccc(Cl)cc3Cl)c2)cc1. The number of carbonyl (C=O) groups excluding carboxylic acids is 1. The Kier molecular flexibility index (Phi) is 6.69. The van der Waals surface area contributed by atoms with E-state index >= 15 is 0 Å². The van der Waals surface area contributed by atoms with Gasteiger partial charge in [0, 0.05) is 5.02 Å². The predicted octanol–water partition coefficient (Wildman–Crippen LogP) is 5.64. The number of hydrazone groups is 1. The fourth-order valence-electron chi connectivity index (χ4n) is 2.43. The molecule has 1 amide bonds. The van der Waals surface area contributed by atoms with E-state index in [1.165, 1.54) is 11.6 Å². The molecular formula is C22H18Cl2N2O2. The van der Waals surface area contributed by atoms with Crippen LogP contribution in [0.3, 0.4) is 0 Å². The van der Waals surface area contributed by atoms with Gasteiger partial charge in [0.1, 0.15) is 12.4 Å². The van der Waals surface area contributed by atoms with Crippen LogP contribution in [0.5, 0.6) is 5.75 Å². The average molecular weight is 413 g/mol. The van der Waals surface area contributed by atoms with Crippen molar-refractivity contribution in [2.24, 2.45) is 5.10 Å². The van der Waals surface area contributed by atoms with Crippen LogP contribution in [0.25, 0.3) is 0 Å². The molecule has 0 bridgehead atoms. The van der Waals surface area contributed by atoms with Crippen molar-refractivity contribution >= 4 is 35.3 Å². The summed E-state index contributed by atoms with van der Waals surface area (Å²) in [5.41, 5.74) is 5.86. The van der Waals surface area contributed by atoms with Gasteiger partial charge < -0.3 is 4.74 Å². The molecule has 0 saturated carbocycles. The van der Waals surface area contributed by atoms with Crippen LogP contribution in [-0.2, 0) is 6.61 Å². The lowest BCUT2D eigenvalue weighted by Gasteiger charge is -2.07. The van der Waals surface area contributed by atoms with Gasteiger partial charge in [-0.3, -0.25) is 4.79 Å². The Bertz CT molecular complexity index is 1000. The minimum atomic E-state index is -0.412. The molecule has 0 heterocycles. The van der Waals surface area contributed by atoms with Crippen LogP contribution in [0.2, 0.25) is 10.0 Å². The standard InChI is InChI=1S/C22H18Cl2N2O2/c1-15-5-7-16(8-6-15)14-28-19-4-2-3-17(11-19)13-25-26-22(27)20-10-9-18(23)12-21(20)24/h2-13H,14H2,1H3,(H,26,27)/b25-13-. The van der Waals surface area contributed by atoms with Gasteiger partial charge in [-0.15, -0.1) is 0 Å². The number of nitrogens with zero attached hydrogens (tertiary/aromatic N) is 1. The van der Waals surface area contributed by atoms with Gasteiger partial charge in [-0.05, 0) is 48.4 Å². The Balaban J connectivity index is 1.59. The molecule has 0 aliphatic carbocycles. The maximum atomic E-state index is 12.1. The molecule has 0 aliphatic rings. The van der Waals surface area contributed by atoms with Crippen LogP contribution < -0.4 is 10.2 Å². The quantitative estimate of drug-likeness (QED) is 0.420. The summed E-state index contributed by atoms with van der Waals surface area (Å²) in [4.78, 5) is 12.1. The van der Waals surface area contributed by atoms with E-state index in [1.54, 1.807) is 18.3 Å². The van der Waals surface area contributed by atoms with Crippen molar-refractivity contribution in [1.82, 2.24) is 5.43 Å². The van der Waals surface area contributed by atoms with Gasteiger partial charge in [0.25, 0.3) is 5.91 Å². The third-order valence-corrected chi connectivity index (χ3v) is 4.49. The molecule has 142 valence electrons. The first-order valence-electron chi connectivity index (χ1n) is 8.58. The lowest BCUT2D eigenvalue weighted by Crippen LogP contribution is -2.18. The van der Waals surface area contributed by atoms with Gasteiger partial charge in [0.2, 0.25) is 0 Å². The van der Waals surface area contributed by atoms with Gasteiger partial charge in [0.05, 0.1) is 16.8 Å². The average Bonchev–Trinajstić information content (AvgIpc) is 2.68. The molecule has 6 heteroatoms. The van der Waals surface area contributed by atoms with Gasteiger partial charge in [0.15, 0.2) is 0 Å². The predicted molar refractivity (Wildman–Crippen MR) is 113 cm³/mol. The highest BCUT2D eigenvalue weighted by Gasteiger charge is 2.09. The first-order valence-corrected chi connectivity index (χ1v) is 9.34. The zero-order chi connectivity index (χ0) is 19.9. The zero-order valence-corrected chi connectivity index (χ0v) is 16.7.